The number of likely N-dealkylation sites (N-methyl/N-ethyl adjacent to an activating group) is 1. The molecular weight excluding hydrogens is 242 g/mol. The summed E-state index contributed by atoms with van der Waals surface area (Å²) >= 11 is 0. The lowest BCUT2D eigenvalue weighted by molar-refractivity contribution is 0.0418. The number of rotatable bonds is 5. The van der Waals surface area contributed by atoms with Gasteiger partial charge in [0.1, 0.15) is 5.75 Å². The minimum absolute atomic E-state index is 0.150. The van der Waals surface area contributed by atoms with Crippen LogP contribution in [0.15, 0.2) is 24.3 Å². The third-order valence-electron chi connectivity index (χ3n) is 3.62. The highest BCUT2D eigenvalue weighted by Crippen LogP contribution is 2.15. The molecule has 0 spiro atoms. The van der Waals surface area contributed by atoms with Crippen LogP contribution in [-0.2, 0) is 4.74 Å². The number of ketones is 1. The molecule has 0 bridgehead atoms. The Morgan fingerprint density at radius 2 is 1.95 bits per heavy atom. The summed E-state index contributed by atoms with van der Waals surface area (Å²) in [6.45, 7) is 2.05. The highest BCUT2D eigenvalue weighted by atomic mass is 16.5. The van der Waals surface area contributed by atoms with Crippen LogP contribution in [0.4, 0.5) is 0 Å². The Morgan fingerprint density at radius 1 is 1.32 bits per heavy atom. The summed E-state index contributed by atoms with van der Waals surface area (Å²) in [7, 11) is 3.63. The number of methoxy groups -OCH3 is 1. The van der Waals surface area contributed by atoms with E-state index in [1.54, 1.807) is 7.11 Å². The second-order valence-electron chi connectivity index (χ2n) is 4.91. The van der Waals surface area contributed by atoms with Gasteiger partial charge in [0.05, 0.1) is 13.7 Å². The largest absolute Gasteiger partial charge is 0.497 e. The Kier molecular flexibility index (Phi) is 4.93. The van der Waals surface area contributed by atoms with E-state index >= 15 is 0 Å². The molecule has 4 heteroatoms. The number of nitrogens with zero attached hydrogens (tertiary/aromatic N) is 1. The van der Waals surface area contributed by atoms with Gasteiger partial charge in [-0.05, 0) is 44.2 Å². The molecular formula is C15H21NO3. The summed E-state index contributed by atoms with van der Waals surface area (Å²) in [6.07, 6.45) is 2.01. The van der Waals surface area contributed by atoms with Crippen molar-refractivity contribution >= 4 is 5.78 Å². The minimum atomic E-state index is 0.150. The van der Waals surface area contributed by atoms with Crippen molar-refractivity contribution in [3.05, 3.63) is 29.8 Å². The molecule has 0 N–H and O–H groups in total. The van der Waals surface area contributed by atoms with Crippen LogP contribution < -0.4 is 4.74 Å². The van der Waals surface area contributed by atoms with Gasteiger partial charge in [0.2, 0.25) is 0 Å². The highest BCUT2D eigenvalue weighted by molar-refractivity contribution is 5.97. The van der Waals surface area contributed by atoms with Gasteiger partial charge < -0.3 is 9.47 Å². The first-order valence-corrected chi connectivity index (χ1v) is 6.66. The van der Waals surface area contributed by atoms with Gasteiger partial charge in [-0.25, -0.2) is 0 Å². The van der Waals surface area contributed by atoms with Gasteiger partial charge in [0, 0.05) is 24.8 Å². The zero-order valence-corrected chi connectivity index (χ0v) is 11.6. The van der Waals surface area contributed by atoms with Crippen molar-refractivity contribution in [3.8, 4) is 5.75 Å². The summed E-state index contributed by atoms with van der Waals surface area (Å²) in [5, 5.41) is 0. The van der Waals surface area contributed by atoms with E-state index in [1.807, 2.05) is 31.3 Å². The number of benzene rings is 1. The molecule has 2 rings (SSSR count). The lowest BCUT2D eigenvalue weighted by Gasteiger charge is -2.30. The average molecular weight is 263 g/mol. The van der Waals surface area contributed by atoms with E-state index in [-0.39, 0.29) is 5.78 Å². The summed E-state index contributed by atoms with van der Waals surface area (Å²) in [4.78, 5) is 14.3. The fraction of sp³-hybridized carbons (Fsp3) is 0.533. The van der Waals surface area contributed by atoms with Crippen LogP contribution in [0.1, 0.15) is 23.2 Å². The van der Waals surface area contributed by atoms with Crippen molar-refractivity contribution in [2.45, 2.75) is 18.9 Å². The number of hydrogen-bond donors (Lipinski definition) is 0. The monoisotopic (exact) mass is 263 g/mol. The molecule has 0 radical (unpaired) electrons. The molecule has 4 nitrogen and oxygen atoms in total. The van der Waals surface area contributed by atoms with Crippen LogP contribution in [0.25, 0.3) is 0 Å². The third-order valence-corrected chi connectivity index (χ3v) is 3.62. The van der Waals surface area contributed by atoms with Crippen molar-refractivity contribution in [1.29, 1.82) is 0 Å². The van der Waals surface area contributed by atoms with Crippen LogP contribution in [-0.4, -0.2) is 50.6 Å². The molecule has 104 valence electrons. The second kappa shape index (κ2) is 6.68. The van der Waals surface area contributed by atoms with Gasteiger partial charge in [0.15, 0.2) is 5.78 Å². The molecule has 1 aromatic carbocycles. The fourth-order valence-electron chi connectivity index (χ4n) is 2.35. The van der Waals surface area contributed by atoms with E-state index in [9.17, 15) is 4.79 Å². The molecule has 0 aromatic heterocycles. The normalized spacial score (nSPS) is 16.6. The van der Waals surface area contributed by atoms with Crippen LogP contribution >= 0.6 is 0 Å². The van der Waals surface area contributed by atoms with Crippen molar-refractivity contribution in [2.75, 3.05) is 33.9 Å². The number of hydrogen-bond acceptors (Lipinski definition) is 4. The number of carbonyl (C=O) groups is 1. The quantitative estimate of drug-likeness (QED) is 0.762. The minimum Gasteiger partial charge on any atom is -0.497 e. The number of Topliss-reactive ketones (excluding diaryl/α,β-unsaturated/α-hetero) is 1. The van der Waals surface area contributed by atoms with E-state index in [1.165, 1.54) is 0 Å². The summed E-state index contributed by atoms with van der Waals surface area (Å²) in [6, 6.07) is 7.73. The number of carbonyl (C=O) groups excluding carboxylic acids is 1. The molecule has 1 fully saturated rings. The lowest BCUT2D eigenvalue weighted by atomic mass is 10.1. The Hall–Kier alpha value is -1.39. The summed E-state index contributed by atoms with van der Waals surface area (Å²) in [5.74, 6) is 0.922. The lowest BCUT2D eigenvalue weighted by Crippen LogP contribution is -2.39. The zero-order chi connectivity index (χ0) is 13.7. The Labute approximate surface area is 114 Å². The van der Waals surface area contributed by atoms with Crippen LogP contribution in [0, 0.1) is 0 Å². The van der Waals surface area contributed by atoms with Crippen molar-refractivity contribution in [3.63, 3.8) is 0 Å². The van der Waals surface area contributed by atoms with Gasteiger partial charge in [-0.15, -0.1) is 0 Å². The molecule has 1 aromatic rings. The van der Waals surface area contributed by atoms with Gasteiger partial charge in [-0.3, -0.25) is 9.69 Å². The fourth-order valence-corrected chi connectivity index (χ4v) is 2.35. The average Bonchev–Trinajstić information content (AvgIpc) is 2.48. The third kappa shape index (κ3) is 3.78. The predicted molar refractivity (Wildman–Crippen MR) is 73.8 cm³/mol. The Balaban J connectivity index is 1.91. The van der Waals surface area contributed by atoms with Gasteiger partial charge >= 0.3 is 0 Å². The van der Waals surface area contributed by atoms with Crippen molar-refractivity contribution in [1.82, 2.24) is 4.90 Å². The SMILES string of the molecule is COc1ccc(C(=O)CN(C)C2CCOCC2)cc1. The maximum Gasteiger partial charge on any atom is 0.176 e. The van der Waals surface area contributed by atoms with Crippen molar-refractivity contribution < 1.29 is 14.3 Å². The summed E-state index contributed by atoms with van der Waals surface area (Å²) in [5.41, 5.74) is 0.736. The molecule has 0 unspecified atom stereocenters. The zero-order valence-electron chi connectivity index (χ0n) is 11.6. The molecule has 0 saturated carbocycles. The van der Waals surface area contributed by atoms with Crippen LogP contribution in [0.2, 0.25) is 0 Å². The van der Waals surface area contributed by atoms with E-state index < -0.39 is 0 Å². The molecule has 1 heterocycles. The molecule has 19 heavy (non-hydrogen) atoms. The standard InChI is InChI=1S/C15H21NO3/c1-16(13-7-9-19-10-8-13)11-15(17)12-3-5-14(18-2)6-4-12/h3-6,13H,7-11H2,1-2H3. The highest BCUT2D eigenvalue weighted by Gasteiger charge is 2.20. The topological polar surface area (TPSA) is 38.8 Å². The Bertz CT molecular complexity index is 410. The first kappa shape index (κ1) is 14.0. The summed E-state index contributed by atoms with van der Waals surface area (Å²) < 4.78 is 10.4. The van der Waals surface area contributed by atoms with Crippen LogP contribution in [0.5, 0.6) is 5.75 Å². The maximum absolute atomic E-state index is 12.2. The van der Waals surface area contributed by atoms with E-state index in [2.05, 4.69) is 4.90 Å². The van der Waals surface area contributed by atoms with E-state index in [0.717, 1.165) is 37.4 Å². The number of ether oxygens (including phenoxy) is 2. The predicted octanol–water partition coefficient (Wildman–Crippen LogP) is 1.99. The molecule has 1 aliphatic rings. The molecule has 0 atom stereocenters. The van der Waals surface area contributed by atoms with Crippen LogP contribution in [0.3, 0.4) is 0 Å². The molecule has 0 amide bonds. The Morgan fingerprint density at radius 3 is 2.53 bits per heavy atom. The molecule has 1 aliphatic heterocycles. The molecule has 1 saturated heterocycles. The van der Waals surface area contributed by atoms with E-state index in [4.69, 9.17) is 9.47 Å². The first-order valence-electron chi connectivity index (χ1n) is 6.66. The smallest absolute Gasteiger partial charge is 0.176 e. The van der Waals surface area contributed by atoms with E-state index in [0.29, 0.717) is 12.6 Å². The van der Waals surface area contributed by atoms with Gasteiger partial charge in [-0.2, -0.15) is 0 Å². The first-order chi connectivity index (χ1) is 9.20. The van der Waals surface area contributed by atoms with Gasteiger partial charge in [-0.1, -0.05) is 0 Å². The van der Waals surface area contributed by atoms with Crippen molar-refractivity contribution in [2.24, 2.45) is 0 Å². The molecule has 0 aliphatic carbocycles. The second-order valence-corrected chi connectivity index (χ2v) is 4.91. The maximum atomic E-state index is 12.2. The van der Waals surface area contributed by atoms with Gasteiger partial charge in [0.25, 0.3) is 0 Å².